The summed E-state index contributed by atoms with van der Waals surface area (Å²) in [5.41, 5.74) is 1.31. The number of nitrogens with one attached hydrogen (secondary N) is 1. The van der Waals surface area contributed by atoms with Crippen LogP contribution in [0.1, 0.15) is 11.1 Å². The fourth-order valence-corrected chi connectivity index (χ4v) is 2.42. The second-order valence-corrected chi connectivity index (χ2v) is 5.81. The smallest absolute Gasteiger partial charge is 0.331 e. The first-order valence-corrected chi connectivity index (χ1v) is 8.41. The van der Waals surface area contributed by atoms with E-state index < -0.39 is 18.5 Å². The van der Waals surface area contributed by atoms with Gasteiger partial charge in [0.05, 0.1) is 24.8 Å². The van der Waals surface area contributed by atoms with E-state index in [9.17, 15) is 9.59 Å². The van der Waals surface area contributed by atoms with Crippen LogP contribution in [0.15, 0.2) is 42.5 Å². The quantitative estimate of drug-likeness (QED) is 0.565. The Morgan fingerprint density at radius 1 is 1.18 bits per heavy atom. The molecule has 0 spiro atoms. The first kappa shape index (κ1) is 20.8. The van der Waals surface area contributed by atoms with Crippen LogP contribution in [0.25, 0.3) is 6.08 Å². The molecule has 0 heterocycles. The standard InChI is InChI=1S/C20H17ClN2O5/c1-26-16-6-7-18(27-2)13(9-16)4-8-20(25)28-12-19(24)23-15-5-3-14(11-22)17(21)10-15/h3-10H,12H2,1-2H3,(H,23,24)/b8-4+. The number of benzene rings is 2. The molecular weight excluding hydrogens is 384 g/mol. The average molecular weight is 401 g/mol. The first-order valence-electron chi connectivity index (χ1n) is 8.03. The van der Waals surface area contributed by atoms with Gasteiger partial charge in [-0.15, -0.1) is 0 Å². The number of methoxy groups -OCH3 is 2. The third-order valence-corrected chi connectivity index (χ3v) is 3.87. The third-order valence-electron chi connectivity index (χ3n) is 3.55. The largest absolute Gasteiger partial charge is 0.497 e. The molecule has 2 aromatic rings. The van der Waals surface area contributed by atoms with Crippen molar-refractivity contribution in [2.75, 3.05) is 26.1 Å². The summed E-state index contributed by atoms with van der Waals surface area (Å²) >= 11 is 5.90. The maximum absolute atomic E-state index is 11.9. The molecule has 0 aliphatic heterocycles. The zero-order chi connectivity index (χ0) is 20.5. The fourth-order valence-electron chi connectivity index (χ4n) is 2.19. The van der Waals surface area contributed by atoms with Crippen LogP contribution in [0.5, 0.6) is 11.5 Å². The lowest BCUT2D eigenvalue weighted by Gasteiger charge is -2.07. The number of hydrogen-bond acceptors (Lipinski definition) is 6. The lowest BCUT2D eigenvalue weighted by Crippen LogP contribution is -2.20. The predicted molar refractivity (Wildman–Crippen MR) is 104 cm³/mol. The van der Waals surface area contributed by atoms with Crippen molar-refractivity contribution in [3.05, 3.63) is 58.6 Å². The summed E-state index contributed by atoms with van der Waals surface area (Å²) in [5.74, 6) is -0.0751. The third kappa shape index (κ3) is 5.76. The molecule has 0 saturated carbocycles. The molecule has 0 aromatic heterocycles. The molecule has 8 heteroatoms. The molecule has 0 radical (unpaired) electrons. The van der Waals surface area contributed by atoms with Gasteiger partial charge in [-0.25, -0.2) is 4.79 Å². The van der Waals surface area contributed by atoms with Crippen LogP contribution in [-0.2, 0) is 14.3 Å². The lowest BCUT2D eigenvalue weighted by atomic mass is 10.1. The number of hydrogen-bond donors (Lipinski definition) is 1. The number of nitrogens with zero attached hydrogens (tertiary/aromatic N) is 1. The zero-order valence-corrected chi connectivity index (χ0v) is 15.9. The lowest BCUT2D eigenvalue weighted by molar-refractivity contribution is -0.142. The van der Waals surface area contributed by atoms with Crippen LogP contribution in [0.4, 0.5) is 5.69 Å². The van der Waals surface area contributed by atoms with Gasteiger partial charge in [-0.2, -0.15) is 5.26 Å². The van der Waals surface area contributed by atoms with Gasteiger partial charge in [-0.1, -0.05) is 11.6 Å². The van der Waals surface area contributed by atoms with Gasteiger partial charge in [0.1, 0.15) is 17.6 Å². The van der Waals surface area contributed by atoms with Crippen molar-refractivity contribution in [2.24, 2.45) is 0 Å². The molecule has 144 valence electrons. The number of ether oxygens (including phenoxy) is 3. The van der Waals surface area contributed by atoms with Crippen molar-refractivity contribution in [1.29, 1.82) is 5.26 Å². The highest BCUT2D eigenvalue weighted by Gasteiger charge is 2.08. The maximum Gasteiger partial charge on any atom is 0.331 e. The van der Waals surface area contributed by atoms with Gasteiger partial charge in [-0.3, -0.25) is 4.79 Å². The number of rotatable bonds is 7. The van der Waals surface area contributed by atoms with Gasteiger partial charge in [0.25, 0.3) is 5.91 Å². The minimum absolute atomic E-state index is 0.215. The number of anilines is 1. The molecule has 1 N–H and O–H groups in total. The molecule has 0 atom stereocenters. The summed E-state index contributed by atoms with van der Waals surface area (Å²) in [5, 5.41) is 11.6. The molecular formula is C20H17ClN2O5. The van der Waals surface area contributed by atoms with Gasteiger partial charge >= 0.3 is 5.97 Å². The molecule has 7 nitrogen and oxygen atoms in total. The van der Waals surface area contributed by atoms with Gasteiger partial charge in [0.15, 0.2) is 6.61 Å². The predicted octanol–water partition coefficient (Wildman–Crippen LogP) is 3.42. The number of carbonyl (C=O) groups is 2. The fraction of sp³-hybridized carbons (Fsp3) is 0.150. The minimum Gasteiger partial charge on any atom is -0.497 e. The SMILES string of the molecule is COc1ccc(OC)c(/C=C/C(=O)OCC(=O)Nc2ccc(C#N)c(Cl)c2)c1. The van der Waals surface area contributed by atoms with E-state index in [1.807, 2.05) is 6.07 Å². The summed E-state index contributed by atoms with van der Waals surface area (Å²) in [6, 6.07) is 11.5. The van der Waals surface area contributed by atoms with Crippen LogP contribution >= 0.6 is 11.6 Å². The van der Waals surface area contributed by atoms with Gasteiger partial charge in [-0.05, 0) is 42.5 Å². The summed E-state index contributed by atoms with van der Waals surface area (Å²) in [4.78, 5) is 23.7. The van der Waals surface area contributed by atoms with Crippen LogP contribution in [0, 0.1) is 11.3 Å². The Kier molecular flexibility index (Phi) is 7.43. The number of halogens is 1. The van der Waals surface area contributed by atoms with Crippen LogP contribution in [-0.4, -0.2) is 32.7 Å². The first-order chi connectivity index (χ1) is 13.5. The molecule has 0 aliphatic rings. The molecule has 0 unspecified atom stereocenters. The van der Waals surface area contributed by atoms with E-state index in [0.29, 0.717) is 28.3 Å². The molecule has 28 heavy (non-hydrogen) atoms. The van der Waals surface area contributed by atoms with Crippen molar-refractivity contribution < 1.29 is 23.8 Å². The Morgan fingerprint density at radius 2 is 1.96 bits per heavy atom. The van der Waals surface area contributed by atoms with Crippen LogP contribution < -0.4 is 14.8 Å². The minimum atomic E-state index is -0.696. The Balaban J connectivity index is 1.91. The summed E-state index contributed by atoms with van der Waals surface area (Å²) < 4.78 is 15.3. The number of esters is 1. The van der Waals surface area contributed by atoms with Gasteiger partial charge < -0.3 is 19.5 Å². The van der Waals surface area contributed by atoms with Crippen molar-refractivity contribution >= 4 is 35.2 Å². The van der Waals surface area contributed by atoms with E-state index in [2.05, 4.69) is 5.32 Å². The summed E-state index contributed by atoms with van der Waals surface area (Å²) in [6.45, 7) is -0.476. The van der Waals surface area contributed by atoms with Gasteiger partial charge in [0.2, 0.25) is 0 Å². The molecule has 0 fully saturated rings. The number of amides is 1. The normalized spacial score (nSPS) is 10.2. The highest BCUT2D eigenvalue weighted by atomic mass is 35.5. The van der Waals surface area contributed by atoms with E-state index >= 15 is 0 Å². The Bertz CT molecular complexity index is 950. The highest BCUT2D eigenvalue weighted by molar-refractivity contribution is 6.32. The van der Waals surface area contributed by atoms with Crippen molar-refractivity contribution in [2.45, 2.75) is 0 Å². The average Bonchev–Trinajstić information content (AvgIpc) is 2.70. The Hall–Kier alpha value is -3.50. The van der Waals surface area contributed by atoms with Crippen molar-refractivity contribution in [3.63, 3.8) is 0 Å². The van der Waals surface area contributed by atoms with E-state index in [1.165, 1.54) is 44.6 Å². The van der Waals surface area contributed by atoms with Crippen molar-refractivity contribution in [1.82, 2.24) is 0 Å². The highest BCUT2D eigenvalue weighted by Crippen LogP contribution is 2.25. The van der Waals surface area contributed by atoms with Crippen LogP contribution in [0.2, 0.25) is 5.02 Å². The number of carbonyl (C=O) groups excluding carboxylic acids is 2. The van der Waals surface area contributed by atoms with E-state index in [4.69, 9.17) is 31.1 Å². The Morgan fingerprint density at radius 3 is 2.61 bits per heavy atom. The molecule has 2 aromatic carbocycles. The summed E-state index contributed by atoms with van der Waals surface area (Å²) in [6.07, 6.45) is 2.69. The maximum atomic E-state index is 11.9. The molecule has 0 saturated heterocycles. The van der Waals surface area contributed by atoms with Crippen molar-refractivity contribution in [3.8, 4) is 17.6 Å². The van der Waals surface area contributed by atoms with E-state index in [0.717, 1.165) is 0 Å². The molecule has 0 aliphatic carbocycles. The number of nitriles is 1. The summed E-state index contributed by atoms with van der Waals surface area (Å²) in [7, 11) is 3.04. The zero-order valence-electron chi connectivity index (χ0n) is 15.2. The van der Waals surface area contributed by atoms with Crippen LogP contribution in [0.3, 0.4) is 0 Å². The van der Waals surface area contributed by atoms with E-state index in [1.54, 1.807) is 18.2 Å². The molecule has 1 amide bonds. The monoisotopic (exact) mass is 400 g/mol. The van der Waals surface area contributed by atoms with E-state index in [-0.39, 0.29) is 5.02 Å². The second-order valence-electron chi connectivity index (χ2n) is 5.40. The molecule has 2 rings (SSSR count). The molecule has 0 bridgehead atoms. The second kappa shape index (κ2) is 10.00. The van der Waals surface area contributed by atoms with Gasteiger partial charge in [0, 0.05) is 17.3 Å². The topological polar surface area (TPSA) is 97.7 Å². The Labute approximate surface area is 167 Å².